The third kappa shape index (κ3) is 4.23. The maximum atomic E-state index is 12.8. The Balaban J connectivity index is 1.75. The number of hydrogen-bond acceptors (Lipinski definition) is 4. The number of H-pyrrole nitrogens is 1. The molecule has 0 saturated carbocycles. The van der Waals surface area contributed by atoms with Gasteiger partial charge < -0.3 is 19.9 Å². The van der Waals surface area contributed by atoms with Gasteiger partial charge in [-0.25, -0.2) is 4.98 Å². The van der Waals surface area contributed by atoms with Gasteiger partial charge in [-0.05, 0) is 62.4 Å². The molecule has 0 radical (unpaired) electrons. The normalized spacial score (nSPS) is 10.8. The third-order valence-electron chi connectivity index (χ3n) is 5.35. The lowest BCUT2D eigenvalue weighted by Gasteiger charge is -2.24. The molecule has 3 aromatic carbocycles. The number of aromatic nitrogens is 2. The molecule has 1 aromatic heterocycles. The van der Waals surface area contributed by atoms with Gasteiger partial charge >= 0.3 is 0 Å². The predicted octanol–water partition coefficient (Wildman–Crippen LogP) is 5.34. The molecule has 0 fully saturated rings. The van der Waals surface area contributed by atoms with Gasteiger partial charge in [-0.2, -0.15) is 0 Å². The quantitative estimate of drug-likeness (QED) is 0.428. The summed E-state index contributed by atoms with van der Waals surface area (Å²) >= 11 is 0. The molecule has 1 heterocycles. The van der Waals surface area contributed by atoms with E-state index in [9.17, 15) is 4.79 Å². The Morgan fingerprint density at radius 2 is 1.74 bits per heavy atom. The summed E-state index contributed by atoms with van der Waals surface area (Å²) < 4.78 is 5.24. The van der Waals surface area contributed by atoms with Gasteiger partial charge in [-0.3, -0.25) is 4.79 Å². The molecule has 0 spiro atoms. The van der Waals surface area contributed by atoms with Crippen molar-refractivity contribution in [3.63, 3.8) is 0 Å². The van der Waals surface area contributed by atoms with Crippen LogP contribution in [-0.4, -0.2) is 36.1 Å². The molecule has 6 nitrogen and oxygen atoms in total. The van der Waals surface area contributed by atoms with Crippen molar-refractivity contribution in [3.05, 3.63) is 72.3 Å². The fourth-order valence-electron chi connectivity index (χ4n) is 3.64. The first kappa shape index (κ1) is 20.5. The van der Waals surface area contributed by atoms with Gasteiger partial charge in [0, 0.05) is 24.2 Å². The average Bonchev–Trinajstić information content (AvgIpc) is 3.23. The number of anilines is 2. The van der Waals surface area contributed by atoms with E-state index in [1.54, 1.807) is 7.11 Å². The number of carbonyl (C=O) groups is 1. The summed E-state index contributed by atoms with van der Waals surface area (Å²) in [4.78, 5) is 23.2. The van der Waals surface area contributed by atoms with Crippen LogP contribution in [0.1, 0.15) is 24.2 Å². The first-order valence-electron chi connectivity index (χ1n) is 10.4. The highest BCUT2D eigenvalue weighted by atomic mass is 16.5. The molecule has 0 unspecified atom stereocenters. The summed E-state index contributed by atoms with van der Waals surface area (Å²) in [5.41, 5.74) is 5.02. The van der Waals surface area contributed by atoms with E-state index < -0.39 is 0 Å². The molecular formula is C25H26N4O2. The molecule has 0 aliphatic heterocycles. The minimum Gasteiger partial charge on any atom is -0.497 e. The molecule has 31 heavy (non-hydrogen) atoms. The first-order valence-corrected chi connectivity index (χ1v) is 10.4. The highest BCUT2D eigenvalue weighted by Crippen LogP contribution is 2.33. The van der Waals surface area contributed by atoms with Crippen molar-refractivity contribution < 1.29 is 9.53 Å². The van der Waals surface area contributed by atoms with Crippen LogP contribution in [0.15, 0.2) is 66.7 Å². The topological polar surface area (TPSA) is 70.2 Å². The summed E-state index contributed by atoms with van der Waals surface area (Å²) in [5, 5.41) is 3.09. The zero-order chi connectivity index (χ0) is 21.8. The van der Waals surface area contributed by atoms with E-state index in [0.29, 0.717) is 5.56 Å². The van der Waals surface area contributed by atoms with E-state index in [-0.39, 0.29) is 5.91 Å². The number of rotatable bonds is 7. The predicted molar refractivity (Wildman–Crippen MR) is 126 cm³/mol. The summed E-state index contributed by atoms with van der Waals surface area (Å²) in [7, 11) is 1.65. The van der Waals surface area contributed by atoms with Gasteiger partial charge in [0.1, 0.15) is 11.6 Å². The molecule has 1 amide bonds. The number of benzene rings is 3. The van der Waals surface area contributed by atoms with Gasteiger partial charge in [0.25, 0.3) is 5.91 Å². The Morgan fingerprint density at radius 1 is 1.03 bits per heavy atom. The standard InChI is InChI=1S/C25H26N4O2/c1-4-29(5-2)23-16-21-20(15-22(23)28-25(30)18-9-7-6-8-10-18)26-24(27-21)17-11-13-19(31-3)14-12-17/h6-16H,4-5H2,1-3H3,(H,26,27)(H,28,30). The summed E-state index contributed by atoms with van der Waals surface area (Å²) in [6.45, 7) is 5.85. The Bertz CT molecular complexity index is 1180. The molecule has 6 heteroatoms. The van der Waals surface area contributed by atoms with Crippen LogP contribution in [0.5, 0.6) is 5.75 Å². The SMILES string of the molecule is CCN(CC)c1cc2nc(-c3ccc(OC)cc3)[nH]c2cc1NC(=O)c1ccccc1. The second-order valence-corrected chi connectivity index (χ2v) is 7.19. The van der Waals surface area contributed by atoms with Crippen LogP contribution in [0.25, 0.3) is 22.4 Å². The lowest BCUT2D eigenvalue weighted by atomic mass is 10.1. The Labute approximate surface area is 181 Å². The minimum absolute atomic E-state index is 0.136. The van der Waals surface area contributed by atoms with Gasteiger partial charge in [0.15, 0.2) is 0 Å². The molecule has 0 saturated heterocycles. The number of amides is 1. The summed E-state index contributed by atoms with van der Waals surface area (Å²) in [6.07, 6.45) is 0. The largest absolute Gasteiger partial charge is 0.497 e. The van der Waals surface area contributed by atoms with Crippen molar-refractivity contribution in [2.24, 2.45) is 0 Å². The number of nitrogens with one attached hydrogen (secondary N) is 2. The fourth-order valence-corrected chi connectivity index (χ4v) is 3.64. The third-order valence-corrected chi connectivity index (χ3v) is 5.35. The first-order chi connectivity index (χ1) is 15.1. The van der Waals surface area contributed by atoms with Gasteiger partial charge in [-0.15, -0.1) is 0 Å². The number of nitrogens with zero attached hydrogens (tertiary/aromatic N) is 2. The monoisotopic (exact) mass is 414 g/mol. The lowest BCUT2D eigenvalue weighted by molar-refractivity contribution is 0.102. The maximum absolute atomic E-state index is 12.8. The minimum atomic E-state index is -0.136. The fraction of sp³-hybridized carbons (Fsp3) is 0.200. The van der Waals surface area contributed by atoms with E-state index in [1.807, 2.05) is 66.7 Å². The van der Waals surface area contributed by atoms with Crippen molar-refractivity contribution in [3.8, 4) is 17.1 Å². The molecule has 4 rings (SSSR count). The average molecular weight is 415 g/mol. The summed E-state index contributed by atoms with van der Waals surface area (Å²) in [5.74, 6) is 1.44. The maximum Gasteiger partial charge on any atom is 0.255 e. The van der Waals surface area contributed by atoms with E-state index >= 15 is 0 Å². The number of ether oxygens (including phenoxy) is 1. The van der Waals surface area contributed by atoms with Gasteiger partial charge in [-0.1, -0.05) is 18.2 Å². The molecule has 158 valence electrons. The smallest absolute Gasteiger partial charge is 0.255 e. The van der Waals surface area contributed by atoms with Crippen LogP contribution in [0.4, 0.5) is 11.4 Å². The van der Waals surface area contributed by atoms with Crippen molar-refractivity contribution >= 4 is 28.3 Å². The zero-order valence-corrected chi connectivity index (χ0v) is 18.0. The number of aromatic amines is 1. The Kier molecular flexibility index (Phi) is 5.89. The summed E-state index contributed by atoms with van der Waals surface area (Å²) in [6, 6.07) is 21.0. The lowest BCUT2D eigenvalue weighted by Crippen LogP contribution is -2.24. The van der Waals surface area contributed by atoms with Gasteiger partial charge in [0.2, 0.25) is 0 Å². The molecule has 0 atom stereocenters. The number of carbonyl (C=O) groups excluding carboxylic acids is 1. The number of imidazole rings is 1. The second kappa shape index (κ2) is 8.92. The van der Waals surface area contributed by atoms with E-state index in [0.717, 1.165) is 52.6 Å². The van der Waals surface area contributed by atoms with E-state index in [1.165, 1.54) is 0 Å². The number of fused-ring (bicyclic) bond motifs is 1. The van der Waals surface area contributed by atoms with Crippen LogP contribution in [0.2, 0.25) is 0 Å². The van der Waals surface area contributed by atoms with Crippen LogP contribution in [0, 0.1) is 0 Å². The Hall–Kier alpha value is -3.80. The van der Waals surface area contributed by atoms with Crippen molar-refractivity contribution in [1.82, 2.24) is 9.97 Å². The van der Waals surface area contributed by atoms with Crippen molar-refractivity contribution in [1.29, 1.82) is 0 Å². The molecule has 0 aliphatic carbocycles. The number of methoxy groups -OCH3 is 1. The van der Waals surface area contributed by atoms with Crippen LogP contribution < -0.4 is 15.0 Å². The molecule has 4 aromatic rings. The van der Waals surface area contributed by atoms with Crippen molar-refractivity contribution in [2.45, 2.75) is 13.8 Å². The van der Waals surface area contributed by atoms with E-state index in [4.69, 9.17) is 9.72 Å². The highest BCUT2D eigenvalue weighted by molar-refractivity contribution is 6.07. The molecule has 0 aliphatic rings. The van der Waals surface area contributed by atoms with Gasteiger partial charge in [0.05, 0.1) is 29.5 Å². The van der Waals surface area contributed by atoms with Crippen LogP contribution in [0.3, 0.4) is 0 Å². The molecule has 0 bridgehead atoms. The molecule has 2 N–H and O–H groups in total. The van der Waals surface area contributed by atoms with Crippen LogP contribution >= 0.6 is 0 Å². The highest BCUT2D eigenvalue weighted by Gasteiger charge is 2.16. The van der Waals surface area contributed by atoms with Crippen LogP contribution in [-0.2, 0) is 0 Å². The number of hydrogen-bond donors (Lipinski definition) is 2. The molecular weight excluding hydrogens is 388 g/mol. The van der Waals surface area contributed by atoms with E-state index in [2.05, 4.69) is 29.0 Å². The van der Waals surface area contributed by atoms with Crippen molar-refractivity contribution in [2.75, 3.05) is 30.4 Å². The second-order valence-electron chi connectivity index (χ2n) is 7.19. The Morgan fingerprint density at radius 3 is 2.39 bits per heavy atom. The zero-order valence-electron chi connectivity index (χ0n) is 18.0.